The maximum atomic E-state index is 12.6. The van der Waals surface area contributed by atoms with Crippen molar-refractivity contribution in [3.05, 3.63) is 47.5 Å². The van der Waals surface area contributed by atoms with E-state index in [1.807, 2.05) is 30.3 Å². The number of halogens is 3. The normalized spacial score (nSPS) is 18.2. The molecule has 10 heteroatoms. The van der Waals surface area contributed by atoms with Crippen LogP contribution in [0.5, 0.6) is 0 Å². The van der Waals surface area contributed by atoms with Crippen molar-refractivity contribution in [3.63, 3.8) is 0 Å². The van der Waals surface area contributed by atoms with Gasteiger partial charge >= 0.3 is 6.18 Å². The number of alkyl halides is 3. The Morgan fingerprint density at radius 2 is 1.97 bits per heavy atom. The van der Waals surface area contributed by atoms with E-state index in [4.69, 9.17) is 5.41 Å². The average molecular weight is 521 g/mol. The number of carbonyl (C=O) groups excluding carboxylic acids is 1. The lowest BCUT2D eigenvalue weighted by Crippen LogP contribution is -2.36. The molecule has 3 rings (SSSR count). The summed E-state index contributed by atoms with van der Waals surface area (Å²) in [7, 11) is 0. The summed E-state index contributed by atoms with van der Waals surface area (Å²) >= 11 is 0. The van der Waals surface area contributed by atoms with Crippen molar-refractivity contribution < 1.29 is 18.0 Å². The van der Waals surface area contributed by atoms with Crippen molar-refractivity contribution >= 4 is 12.1 Å². The van der Waals surface area contributed by atoms with Gasteiger partial charge in [-0.2, -0.15) is 13.2 Å². The van der Waals surface area contributed by atoms with E-state index < -0.39 is 24.9 Å². The highest BCUT2D eigenvalue weighted by Gasteiger charge is 2.31. The molecule has 7 nitrogen and oxygen atoms in total. The van der Waals surface area contributed by atoms with Gasteiger partial charge in [0.05, 0.1) is 18.7 Å². The van der Waals surface area contributed by atoms with Gasteiger partial charge < -0.3 is 20.2 Å². The maximum absolute atomic E-state index is 12.6. The first-order valence-electron chi connectivity index (χ1n) is 13.2. The molecule has 1 aliphatic rings. The molecular formula is C27H39F3N6O. The smallest absolute Gasteiger partial charge is 0.349 e. The summed E-state index contributed by atoms with van der Waals surface area (Å²) in [5.74, 6) is 1.08. The predicted molar refractivity (Wildman–Crippen MR) is 138 cm³/mol. The molecule has 1 saturated heterocycles. The van der Waals surface area contributed by atoms with E-state index in [2.05, 4.69) is 45.8 Å². The number of nitrogens with one attached hydrogen (secondary N) is 2. The van der Waals surface area contributed by atoms with E-state index >= 15 is 0 Å². The molecule has 1 aromatic carbocycles. The van der Waals surface area contributed by atoms with Gasteiger partial charge in [0, 0.05) is 31.0 Å². The van der Waals surface area contributed by atoms with E-state index in [1.54, 1.807) is 0 Å². The number of amides is 1. The lowest BCUT2D eigenvalue weighted by atomic mass is 10.00. The zero-order valence-corrected chi connectivity index (χ0v) is 22.0. The monoisotopic (exact) mass is 520 g/mol. The van der Waals surface area contributed by atoms with Crippen molar-refractivity contribution in [2.24, 2.45) is 0 Å². The van der Waals surface area contributed by atoms with E-state index in [0.29, 0.717) is 18.3 Å². The third kappa shape index (κ3) is 8.12. The van der Waals surface area contributed by atoms with Crippen LogP contribution in [-0.2, 0) is 4.79 Å². The Morgan fingerprint density at radius 3 is 2.59 bits per heavy atom. The number of benzene rings is 1. The molecule has 37 heavy (non-hydrogen) atoms. The lowest BCUT2D eigenvalue weighted by molar-refractivity contribution is -0.144. The van der Waals surface area contributed by atoms with Crippen molar-refractivity contribution in [1.29, 1.82) is 5.41 Å². The van der Waals surface area contributed by atoms with Crippen LogP contribution in [0.3, 0.4) is 0 Å². The van der Waals surface area contributed by atoms with Gasteiger partial charge in [0.25, 0.3) is 0 Å². The van der Waals surface area contributed by atoms with Crippen molar-refractivity contribution in [3.8, 4) is 0 Å². The molecule has 1 amide bonds. The predicted octanol–water partition coefficient (Wildman–Crippen LogP) is 5.79. The summed E-state index contributed by atoms with van der Waals surface area (Å²) in [6, 6.07) is 9.60. The fraction of sp³-hybridized carbons (Fsp3) is 0.630. The molecule has 1 fully saturated rings. The fourth-order valence-electron chi connectivity index (χ4n) is 5.23. The Labute approximate surface area is 217 Å². The molecule has 3 atom stereocenters. The summed E-state index contributed by atoms with van der Waals surface area (Å²) in [4.78, 5) is 14.8. The first kappa shape index (κ1) is 28.8. The standard InChI is InChI=1S/C27H39F3N6O/c1-4-21(36-24(18-31)33-34-26(36)19(2)3)17-22-11-8-15-35(22)16-13-23(20-9-6-5-7-10-20)32-25(37)12-14-27(28,29)30/h5-7,9-10,18-19,21-23,31H,4,8,11-17H2,1-3H3,(H,32,37)/t21?,22?,23-/m0/s1. The molecule has 1 aliphatic heterocycles. The van der Waals surface area contributed by atoms with Crippen LogP contribution in [0.15, 0.2) is 30.3 Å². The van der Waals surface area contributed by atoms with Crippen LogP contribution in [0.1, 0.15) is 101 Å². The van der Waals surface area contributed by atoms with Gasteiger partial charge in [-0.25, -0.2) is 0 Å². The average Bonchev–Trinajstić information content (AvgIpc) is 3.50. The van der Waals surface area contributed by atoms with Crippen LogP contribution in [0, 0.1) is 5.41 Å². The molecule has 2 heterocycles. The number of hydrogen-bond acceptors (Lipinski definition) is 5. The van der Waals surface area contributed by atoms with Crippen LogP contribution in [0.2, 0.25) is 0 Å². The van der Waals surface area contributed by atoms with E-state index in [0.717, 1.165) is 50.2 Å². The molecule has 1 aromatic heterocycles. The van der Waals surface area contributed by atoms with Crippen molar-refractivity contribution in [1.82, 2.24) is 25.0 Å². The second-order valence-corrected chi connectivity index (χ2v) is 10.1. The summed E-state index contributed by atoms with van der Waals surface area (Å²) in [6.45, 7) is 7.98. The van der Waals surface area contributed by atoms with E-state index in [-0.39, 0.29) is 18.0 Å². The zero-order valence-electron chi connectivity index (χ0n) is 22.0. The second kappa shape index (κ2) is 13.2. The summed E-state index contributed by atoms with van der Waals surface area (Å²) in [6.07, 6.45) is -0.223. The highest BCUT2D eigenvalue weighted by molar-refractivity contribution is 5.76. The molecule has 0 radical (unpaired) electrons. The maximum Gasteiger partial charge on any atom is 0.389 e. The lowest BCUT2D eigenvalue weighted by Gasteiger charge is -2.31. The highest BCUT2D eigenvalue weighted by Crippen LogP contribution is 2.31. The van der Waals surface area contributed by atoms with Gasteiger partial charge in [0.15, 0.2) is 5.82 Å². The Hall–Kier alpha value is -2.75. The van der Waals surface area contributed by atoms with E-state index in [9.17, 15) is 18.0 Å². The Balaban J connectivity index is 1.68. The largest absolute Gasteiger partial charge is 0.389 e. The van der Waals surface area contributed by atoms with Gasteiger partial charge in [-0.15, -0.1) is 10.2 Å². The number of carbonyl (C=O) groups is 1. The quantitative estimate of drug-likeness (QED) is 0.327. The number of rotatable bonds is 13. The SMILES string of the molecule is CCC(CC1CCCN1CC[C@H](NC(=O)CCC(F)(F)F)c1ccccc1)n1c(C=N)nnc1C(C)C. The molecule has 0 aliphatic carbocycles. The highest BCUT2D eigenvalue weighted by atomic mass is 19.4. The number of aromatic nitrogens is 3. The fourth-order valence-corrected chi connectivity index (χ4v) is 5.23. The second-order valence-electron chi connectivity index (χ2n) is 10.1. The number of nitrogens with zero attached hydrogens (tertiary/aromatic N) is 4. The van der Waals surface area contributed by atoms with Gasteiger partial charge in [0.2, 0.25) is 5.91 Å². The van der Waals surface area contributed by atoms with Crippen molar-refractivity contribution in [2.75, 3.05) is 13.1 Å². The molecule has 204 valence electrons. The Kier molecular flexibility index (Phi) is 10.3. The first-order chi connectivity index (χ1) is 17.6. The molecule has 2 unspecified atom stereocenters. The summed E-state index contributed by atoms with van der Waals surface area (Å²) < 4.78 is 40.0. The van der Waals surface area contributed by atoms with Gasteiger partial charge in [-0.1, -0.05) is 51.1 Å². The molecule has 0 spiro atoms. The van der Waals surface area contributed by atoms with Crippen LogP contribution >= 0.6 is 0 Å². The van der Waals surface area contributed by atoms with Gasteiger partial charge in [0.1, 0.15) is 5.82 Å². The zero-order chi connectivity index (χ0) is 27.0. The minimum atomic E-state index is -4.35. The number of hydrogen-bond donors (Lipinski definition) is 2. The van der Waals surface area contributed by atoms with Gasteiger partial charge in [-0.05, 0) is 44.2 Å². The third-order valence-electron chi connectivity index (χ3n) is 7.15. The Morgan fingerprint density at radius 1 is 1.24 bits per heavy atom. The van der Waals surface area contributed by atoms with E-state index in [1.165, 1.54) is 6.21 Å². The molecule has 0 bridgehead atoms. The van der Waals surface area contributed by atoms with Crippen molar-refractivity contribution in [2.45, 2.75) is 95.9 Å². The molecule has 2 aromatic rings. The minimum absolute atomic E-state index is 0.168. The summed E-state index contributed by atoms with van der Waals surface area (Å²) in [5.41, 5.74) is 0.895. The number of likely N-dealkylation sites (tertiary alicyclic amines) is 1. The molecule has 2 N–H and O–H groups in total. The van der Waals surface area contributed by atoms with Crippen LogP contribution in [0.25, 0.3) is 0 Å². The van der Waals surface area contributed by atoms with Crippen LogP contribution in [-0.4, -0.2) is 57.1 Å². The molecule has 0 saturated carbocycles. The minimum Gasteiger partial charge on any atom is -0.349 e. The van der Waals surface area contributed by atoms with Gasteiger partial charge in [-0.3, -0.25) is 4.79 Å². The topological polar surface area (TPSA) is 86.9 Å². The molecular weight excluding hydrogens is 481 g/mol. The van der Waals surface area contributed by atoms with Crippen LogP contribution in [0.4, 0.5) is 13.2 Å². The summed E-state index contributed by atoms with van der Waals surface area (Å²) in [5, 5.41) is 19.2. The third-order valence-corrected chi connectivity index (χ3v) is 7.15. The first-order valence-corrected chi connectivity index (χ1v) is 13.2. The Bertz CT molecular complexity index is 1010. The van der Waals surface area contributed by atoms with Crippen LogP contribution < -0.4 is 5.32 Å².